The Kier molecular flexibility index (Phi) is 6.45. The molecule has 0 unspecified atom stereocenters. The van der Waals surface area contributed by atoms with Gasteiger partial charge in [0.05, 0.1) is 10.5 Å². The zero-order valence-electron chi connectivity index (χ0n) is 11.2. The molecule has 7 nitrogen and oxygen atoms in total. The van der Waals surface area contributed by atoms with E-state index in [1.807, 2.05) is 0 Å². The van der Waals surface area contributed by atoms with Crippen LogP contribution in [0.15, 0.2) is 18.2 Å². The van der Waals surface area contributed by atoms with E-state index in [0.717, 1.165) is 31.7 Å². The van der Waals surface area contributed by atoms with E-state index in [1.165, 1.54) is 12.1 Å². The van der Waals surface area contributed by atoms with Gasteiger partial charge in [0.1, 0.15) is 0 Å². The molecular formula is C13H19N3O4. The predicted molar refractivity (Wildman–Crippen MR) is 76.1 cm³/mol. The summed E-state index contributed by atoms with van der Waals surface area (Å²) >= 11 is 0. The van der Waals surface area contributed by atoms with Gasteiger partial charge >= 0.3 is 5.97 Å². The topological polar surface area (TPSA) is 118 Å². The molecule has 0 atom stereocenters. The summed E-state index contributed by atoms with van der Waals surface area (Å²) in [6, 6.07) is 3.80. The van der Waals surface area contributed by atoms with E-state index in [1.54, 1.807) is 0 Å². The number of anilines is 1. The summed E-state index contributed by atoms with van der Waals surface area (Å²) < 4.78 is 0. The molecule has 0 bridgehead atoms. The molecule has 0 aliphatic carbocycles. The number of nitrogens with two attached hydrogens (primary N) is 1. The fraction of sp³-hybridized carbons (Fsp3) is 0.462. The molecule has 110 valence electrons. The summed E-state index contributed by atoms with van der Waals surface area (Å²) in [5.41, 5.74) is 5.49. The Morgan fingerprint density at radius 2 is 2.00 bits per heavy atom. The first-order valence-corrected chi connectivity index (χ1v) is 6.52. The van der Waals surface area contributed by atoms with Gasteiger partial charge in [-0.3, -0.25) is 10.1 Å². The molecule has 7 heteroatoms. The highest BCUT2D eigenvalue weighted by Gasteiger charge is 2.15. The maximum atomic E-state index is 11.1. The molecule has 0 aliphatic rings. The van der Waals surface area contributed by atoms with Crippen LogP contribution < -0.4 is 11.1 Å². The molecule has 4 N–H and O–H groups in total. The molecule has 0 radical (unpaired) electrons. The minimum absolute atomic E-state index is 0.0823. The van der Waals surface area contributed by atoms with Crippen LogP contribution in [0.1, 0.15) is 36.0 Å². The van der Waals surface area contributed by atoms with Crippen LogP contribution in [0.2, 0.25) is 0 Å². The van der Waals surface area contributed by atoms with Gasteiger partial charge in [0.2, 0.25) is 0 Å². The first-order chi connectivity index (χ1) is 9.56. The molecule has 0 spiro atoms. The SMILES string of the molecule is NCCCCCCNc1ccc([N+](=O)[O-])cc1C(=O)O. The maximum absolute atomic E-state index is 11.1. The standard InChI is InChI=1S/C13H19N3O4/c14-7-3-1-2-4-8-15-12-6-5-10(16(19)20)9-11(12)13(17)18/h5-6,9,15H,1-4,7-8,14H2,(H,17,18). The zero-order chi connectivity index (χ0) is 15.0. The van der Waals surface area contributed by atoms with E-state index in [-0.39, 0.29) is 11.3 Å². The average molecular weight is 281 g/mol. The number of carbonyl (C=O) groups is 1. The highest BCUT2D eigenvalue weighted by molar-refractivity contribution is 5.95. The van der Waals surface area contributed by atoms with Gasteiger partial charge in [0.15, 0.2) is 0 Å². The van der Waals surface area contributed by atoms with Crippen molar-refractivity contribution in [3.05, 3.63) is 33.9 Å². The second-order valence-corrected chi connectivity index (χ2v) is 4.42. The minimum Gasteiger partial charge on any atom is -0.478 e. The monoisotopic (exact) mass is 281 g/mol. The van der Waals surface area contributed by atoms with Crippen molar-refractivity contribution >= 4 is 17.3 Å². The van der Waals surface area contributed by atoms with E-state index in [4.69, 9.17) is 10.8 Å². The Morgan fingerprint density at radius 1 is 1.30 bits per heavy atom. The quantitative estimate of drug-likeness (QED) is 0.363. The van der Waals surface area contributed by atoms with E-state index < -0.39 is 10.9 Å². The number of carboxylic acids is 1. The number of aromatic carboxylic acids is 1. The van der Waals surface area contributed by atoms with Gasteiger partial charge in [0.25, 0.3) is 5.69 Å². The lowest BCUT2D eigenvalue weighted by atomic mass is 10.1. The minimum atomic E-state index is -1.18. The van der Waals surface area contributed by atoms with Crippen LogP contribution in [-0.2, 0) is 0 Å². The Morgan fingerprint density at radius 3 is 2.60 bits per heavy atom. The predicted octanol–water partition coefficient (Wildman–Crippen LogP) is 2.22. The van der Waals surface area contributed by atoms with Gasteiger partial charge < -0.3 is 16.2 Å². The molecule has 0 saturated heterocycles. The fourth-order valence-electron chi connectivity index (χ4n) is 1.82. The number of unbranched alkanes of at least 4 members (excludes halogenated alkanes) is 3. The molecule has 0 aromatic heterocycles. The van der Waals surface area contributed by atoms with E-state index in [0.29, 0.717) is 18.8 Å². The zero-order valence-corrected chi connectivity index (χ0v) is 11.2. The van der Waals surface area contributed by atoms with Crippen molar-refractivity contribution in [2.75, 3.05) is 18.4 Å². The largest absolute Gasteiger partial charge is 0.478 e. The number of nitro groups is 1. The van der Waals surface area contributed by atoms with Crippen LogP contribution in [0.4, 0.5) is 11.4 Å². The third-order valence-electron chi connectivity index (χ3n) is 2.89. The number of nitro benzene ring substituents is 1. The lowest BCUT2D eigenvalue weighted by Crippen LogP contribution is -2.08. The van der Waals surface area contributed by atoms with Gasteiger partial charge in [-0.15, -0.1) is 0 Å². The summed E-state index contributed by atoms with van der Waals surface area (Å²) in [5.74, 6) is -1.18. The van der Waals surface area contributed by atoms with Gasteiger partial charge in [-0.05, 0) is 25.5 Å². The van der Waals surface area contributed by atoms with Crippen LogP contribution in [0, 0.1) is 10.1 Å². The number of hydrogen-bond donors (Lipinski definition) is 3. The number of non-ortho nitro benzene ring substituents is 1. The molecular weight excluding hydrogens is 262 g/mol. The number of hydrogen-bond acceptors (Lipinski definition) is 5. The normalized spacial score (nSPS) is 10.2. The third-order valence-corrected chi connectivity index (χ3v) is 2.89. The number of carboxylic acid groups (broad SMARTS) is 1. The lowest BCUT2D eigenvalue weighted by molar-refractivity contribution is -0.384. The molecule has 1 aromatic carbocycles. The molecule has 0 heterocycles. The molecule has 0 aliphatic heterocycles. The summed E-state index contributed by atoms with van der Waals surface area (Å²) in [5, 5.41) is 22.7. The van der Waals surface area contributed by atoms with Crippen LogP contribution in [0.3, 0.4) is 0 Å². The van der Waals surface area contributed by atoms with Crippen molar-refractivity contribution < 1.29 is 14.8 Å². The summed E-state index contributed by atoms with van der Waals surface area (Å²) in [7, 11) is 0. The number of nitrogens with one attached hydrogen (secondary N) is 1. The van der Waals surface area contributed by atoms with Crippen molar-refractivity contribution in [1.82, 2.24) is 0 Å². The maximum Gasteiger partial charge on any atom is 0.338 e. The molecule has 0 saturated carbocycles. The van der Waals surface area contributed by atoms with Crippen LogP contribution >= 0.6 is 0 Å². The van der Waals surface area contributed by atoms with Crippen molar-refractivity contribution in [1.29, 1.82) is 0 Å². The second-order valence-electron chi connectivity index (χ2n) is 4.42. The molecule has 0 fully saturated rings. The Hall–Kier alpha value is -2.15. The second kappa shape index (κ2) is 8.11. The highest BCUT2D eigenvalue weighted by atomic mass is 16.6. The molecule has 1 rings (SSSR count). The third kappa shape index (κ3) is 4.85. The van der Waals surface area contributed by atoms with Crippen LogP contribution in [0.5, 0.6) is 0 Å². The van der Waals surface area contributed by atoms with Gasteiger partial charge in [-0.25, -0.2) is 4.79 Å². The molecule has 0 amide bonds. The lowest BCUT2D eigenvalue weighted by Gasteiger charge is -2.09. The van der Waals surface area contributed by atoms with Crippen LogP contribution in [-0.4, -0.2) is 29.1 Å². The fourth-order valence-corrected chi connectivity index (χ4v) is 1.82. The first-order valence-electron chi connectivity index (χ1n) is 6.52. The van der Waals surface area contributed by atoms with Gasteiger partial charge in [-0.1, -0.05) is 12.8 Å². The molecule has 20 heavy (non-hydrogen) atoms. The number of nitrogens with zero attached hydrogens (tertiary/aromatic N) is 1. The first kappa shape index (κ1) is 15.9. The summed E-state index contributed by atoms with van der Waals surface area (Å²) in [6.07, 6.45) is 3.94. The Balaban J connectivity index is 2.60. The summed E-state index contributed by atoms with van der Waals surface area (Å²) in [4.78, 5) is 21.1. The van der Waals surface area contributed by atoms with Crippen LogP contribution in [0.25, 0.3) is 0 Å². The average Bonchev–Trinajstić information content (AvgIpc) is 2.42. The number of benzene rings is 1. The van der Waals surface area contributed by atoms with Gasteiger partial charge in [-0.2, -0.15) is 0 Å². The smallest absolute Gasteiger partial charge is 0.338 e. The summed E-state index contributed by atoms with van der Waals surface area (Å²) in [6.45, 7) is 1.31. The van der Waals surface area contributed by atoms with Crippen molar-refractivity contribution in [3.63, 3.8) is 0 Å². The van der Waals surface area contributed by atoms with Crippen molar-refractivity contribution in [2.45, 2.75) is 25.7 Å². The highest BCUT2D eigenvalue weighted by Crippen LogP contribution is 2.22. The Labute approximate surface area is 116 Å². The molecule has 1 aromatic rings. The van der Waals surface area contributed by atoms with E-state index in [2.05, 4.69) is 5.32 Å². The van der Waals surface area contributed by atoms with Crippen molar-refractivity contribution in [3.8, 4) is 0 Å². The van der Waals surface area contributed by atoms with Crippen molar-refractivity contribution in [2.24, 2.45) is 5.73 Å². The Bertz CT molecular complexity index is 477. The van der Waals surface area contributed by atoms with E-state index in [9.17, 15) is 14.9 Å². The number of rotatable bonds is 9. The van der Waals surface area contributed by atoms with E-state index >= 15 is 0 Å². The van der Waals surface area contributed by atoms with Gasteiger partial charge in [0, 0.05) is 24.4 Å².